The summed E-state index contributed by atoms with van der Waals surface area (Å²) in [6, 6.07) is 11.7. The SMILES string of the molecule is CCC(Br)c1nc2cnccc2c(=O)n1Cc1ccccc1. The van der Waals surface area contributed by atoms with Gasteiger partial charge in [0.1, 0.15) is 5.82 Å². The second-order valence-electron chi connectivity index (χ2n) is 5.12. The summed E-state index contributed by atoms with van der Waals surface area (Å²) in [7, 11) is 0. The van der Waals surface area contributed by atoms with E-state index in [1.165, 1.54) is 0 Å². The van der Waals surface area contributed by atoms with Crippen molar-refractivity contribution in [2.45, 2.75) is 24.7 Å². The Morgan fingerprint density at radius 2 is 2.00 bits per heavy atom. The van der Waals surface area contributed by atoms with E-state index in [1.807, 2.05) is 30.3 Å². The molecule has 0 saturated heterocycles. The lowest BCUT2D eigenvalue weighted by molar-refractivity contribution is 0.662. The normalized spacial score (nSPS) is 12.5. The number of aromatic nitrogens is 3. The molecular formula is C17H16BrN3O. The summed E-state index contributed by atoms with van der Waals surface area (Å²) in [5.74, 6) is 0.747. The number of alkyl halides is 1. The molecule has 1 aromatic carbocycles. The van der Waals surface area contributed by atoms with E-state index in [1.54, 1.807) is 23.0 Å². The average molecular weight is 358 g/mol. The third kappa shape index (κ3) is 2.81. The van der Waals surface area contributed by atoms with Gasteiger partial charge in [0.2, 0.25) is 0 Å². The molecule has 0 saturated carbocycles. The van der Waals surface area contributed by atoms with Crippen LogP contribution in [0.15, 0.2) is 53.6 Å². The molecule has 3 aromatic rings. The summed E-state index contributed by atoms with van der Waals surface area (Å²) in [4.78, 5) is 21.6. The Hall–Kier alpha value is -2.01. The second-order valence-corrected chi connectivity index (χ2v) is 6.22. The first kappa shape index (κ1) is 14.9. The van der Waals surface area contributed by atoms with E-state index < -0.39 is 0 Å². The number of hydrogen-bond donors (Lipinski definition) is 0. The zero-order valence-electron chi connectivity index (χ0n) is 12.2. The first-order valence-corrected chi connectivity index (χ1v) is 8.14. The van der Waals surface area contributed by atoms with Crippen molar-refractivity contribution in [2.24, 2.45) is 0 Å². The van der Waals surface area contributed by atoms with Crippen LogP contribution in [-0.2, 0) is 6.54 Å². The molecule has 0 fully saturated rings. The van der Waals surface area contributed by atoms with E-state index in [0.717, 1.165) is 17.8 Å². The van der Waals surface area contributed by atoms with Crippen molar-refractivity contribution in [3.63, 3.8) is 0 Å². The van der Waals surface area contributed by atoms with Crippen LogP contribution in [0.25, 0.3) is 10.9 Å². The fourth-order valence-electron chi connectivity index (χ4n) is 2.43. The van der Waals surface area contributed by atoms with Crippen LogP contribution in [0.4, 0.5) is 0 Å². The number of nitrogens with zero attached hydrogens (tertiary/aromatic N) is 3. The molecule has 4 nitrogen and oxygen atoms in total. The quantitative estimate of drug-likeness (QED) is 0.669. The fourth-order valence-corrected chi connectivity index (χ4v) is 2.78. The van der Waals surface area contributed by atoms with Crippen LogP contribution >= 0.6 is 15.9 Å². The van der Waals surface area contributed by atoms with E-state index >= 15 is 0 Å². The third-order valence-electron chi connectivity index (χ3n) is 3.61. The Morgan fingerprint density at radius 1 is 1.23 bits per heavy atom. The van der Waals surface area contributed by atoms with Gasteiger partial charge >= 0.3 is 0 Å². The van der Waals surface area contributed by atoms with Gasteiger partial charge in [0.15, 0.2) is 0 Å². The summed E-state index contributed by atoms with van der Waals surface area (Å²) < 4.78 is 1.75. The minimum atomic E-state index is -0.0239. The molecule has 0 aliphatic carbocycles. The molecule has 0 aliphatic heterocycles. The summed E-state index contributed by atoms with van der Waals surface area (Å²) in [6.45, 7) is 2.58. The lowest BCUT2D eigenvalue weighted by Gasteiger charge is -2.16. The van der Waals surface area contributed by atoms with E-state index in [0.29, 0.717) is 17.4 Å². The first-order chi connectivity index (χ1) is 10.7. The number of benzene rings is 1. The predicted octanol–water partition coefficient (Wildman–Crippen LogP) is 3.69. The van der Waals surface area contributed by atoms with Crippen LogP contribution < -0.4 is 5.56 Å². The van der Waals surface area contributed by atoms with Gasteiger partial charge in [-0.15, -0.1) is 0 Å². The summed E-state index contributed by atoms with van der Waals surface area (Å²) in [6.07, 6.45) is 4.12. The van der Waals surface area contributed by atoms with Crippen LogP contribution in [0.5, 0.6) is 0 Å². The van der Waals surface area contributed by atoms with Crippen molar-refractivity contribution in [2.75, 3.05) is 0 Å². The molecule has 0 spiro atoms. The number of halogens is 1. The highest BCUT2D eigenvalue weighted by molar-refractivity contribution is 9.09. The highest BCUT2D eigenvalue weighted by atomic mass is 79.9. The highest BCUT2D eigenvalue weighted by Gasteiger charge is 2.16. The Balaban J connectivity index is 2.21. The number of hydrogen-bond acceptors (Lipinski definition) is 3. The monoisotopic (exact) mass is 357 g/mol. The van der Waals surface area contributed by atoms with E-state index in [4.69, 9.17) is 0 Å². The fraction of sp³-hybridized carbons (Fsp3) is 0.235. The van der Waals surface area contributed by atoms with Crippen molar-refractivity contribution in [1.82, 2.24) is 14.5 Å². The average Bonchev–Trinajstić information content (AvgIpc) is 2.57. The molecule has 0 amide bonds. The smallest absolute Gasteiger partial charge is 0.261 e. The molecule has 2 heterocycles. The van der Waals surface area contributed by atoms with Crippen LogP contribution in [0, 0.1) is 0 Å². The molecule has 0 N–H and O–H groups in total. The van der Waals surface area contributed by atoms with Crippen LogP contribution in [0.3, 0.4) is 0 Å². The molecule has 0 radical (unpaired) electrons. The van der Waals surface area contributed by atoms with Gasteiger partial charge in [-0.1, -0.05) is 53.2 Å². The Morgan fingerprint density at radius 3 is 2.73 bits per heavy atom. The van der Waals surface area contributed by atoms with Crippen molar-refractivity contribution in [3.8, 4) is 0 Å². The summed E-state index contributed by atoms with van der Waals surface area (Å²) in [5.41, 5.74) is 1.70. The molecule has 0 bridgehead atoms. The topological polar surface area (TPSA) is 47.8 Å². The minimum Gasteiger partial charge on any atom is -0.291 e. The molecule has 22 heavy (non-hydrogen) atoms. The van der Waals surface area contributed by atoms with Gasteiger partial charge in [0.25, 0.3) is 5.56 Å². The largest absolute Gasteiger partial charge is 0.291 e. The third-order valence-corrected chi connectivity index (χ3v) is 4.67. The number of rotatable bonds is 4. The van der Waals surface area contributed by atoms with Crippen LogP contribution in [0.2, 0.25) is 0 Å². The Labute approximate surface area is 137 Å². The van der Waals surface area contributed by atoms with Gasteiger partial charge in [-0.05, 0) is 18.1 Å². The molecule has 2 aromatic heterocycles. The molecule has 5 heteroatoms. The standard InChI is InChI=1S/C17H16BrN3O/c1-2-14(18)16-20-15-10-19-9-8-13(15)17(22)21(16)11-12-6-4-3-5-7-12/h3-10,14H,2,11H2,1H3. The summed E-state index contributed by atoms with van der Waals surface area (Å²) >= 11 is 3.63. The number of pyridine rings is 1. The van der Waals surface area contributed by atoms with Crippen molar-refractivity contribution in [3.05, 3.63) is 70.5 Å². The maximum Gasteiger partial charge on any atom is 0.261 e. The van der Waals surface area contributed by atoms with Gasteiger partial charge < -0.3 is 0 Å². The predicted molar refractivity (Wildman–Crippen MR) is 91.3 cm³/mol. The van der Waals surface area contributed by atoms with Gasteiger partial charge in [-0.2, -0.15) is 0 Å². The van der Waals surface area contributed by atoms with Gasteiger partial charge in [-0.25, -0.2) is 4.98 Å². The summed E-state index contributed by atoms with van der Waals surface area (Å²) in [5, 5.41) is 0.602. The van der Waals surface area contributed by atoms with Crippen molar-refractivity contribution in [1.29, 1.82) is 0 Å². The van der Waals surface area contributed by atoms with Crippen molar-refractivity contribution >= 4 is 26.8 Å². The molecule has 0 aliphatic rings. The van der Waals surface area contributed by atoms with Crippen LogP contribution in [0.1, 0.15) is 29.6 Å². The van der Waals surface area contributed by atoms with E-state index in [-0.39, 0.29) is 10.4 Å². The van der Waals surface area contributed by atoms with Gasteiger partial charge in [0.05, 0.1) is 28.5 Å². The van der Waals surface area contributed by atoms with Gasteiger partial charge in [0, 0.05) is 6.20 Å². The van der Waals surface area contributed by atoms with Crippen molar-refractivity contribution < 1.29 is 0 Å². The van der Waals surface area contributed by atoms with Gasteiger partial charge in [-0.3, -0.25) is 14.3 Å². The molecule has 1 unspecified atom stereocenters. The van der Waals surface area contributed by atoms with Crippen LogP contribution in [-0.4, -0.2) is 14.5 Å². The Kier molecular flexibility index (Phi) is 4.34. The lowest BCUT2D eigenvalue weighted by atomic mass is 10.2. The maximum absolute atomic E-state index is 12.8. The zero-order chi connectivity index (χ0) is 15.5. The first-order valence-electron chi connectivity index (χ1n) is 7.23. The molecule has 112 valence electrons. The van der Waals surface area contributed by atoms with E-state index in [9.17, 15) is 4.79 Å². The molecule has 1 atom stereocenters. The molecule has 3 rings (SSSR count). The Bertz CT molecular complexity index is 845. The lowest BCUT2D eigenvalue weighted by Crippen LogP contribution is -2.26. The minimum absolute atomic E-state index is 0.0239. The molecular weight excluding hydrogens is 342 g/mol. The van der Waals surface area contributed by atoms with E-state index in [2.05, 4.69) is 32.8 Å². The highest BCUT2D eigenvalue weighted by Crippen LogP contribution is 2.25. The number of fused-ring (bicyclic) bond motifs is 1. The maximum atomic E-state index is 12.8. The zero-order valence-corrected chi connectivity index (χ0v) is 13.8. The second kappa shape index (κ2) is 6.40.